The molecule has 2 heterocycles. The third-order valence-electron chi connectivity index (χ3n) is 7.79. The van der Waals surface area contributed by atoms with E-state index in [-0.39, 0.29) is 35.7 Å². The minimum atomic E-state index is -0.318. The Morgan fingerprint density at radius 1 is 1.19 bits per heavy atom. The van der Waals surface area contributed by atoms with Gasteiger partial charge in [-0.15, -0.1) is 0 Å². The van der Waals surface area contributed by atoms with E-state index < -0.39 is 0 Å². The number of halogens is 1. The van der Waals surface area contributed by atoms with Crippen LogP contribution in [0, 0.1) is 17.8 Å². The number of hydrogen-bond acceptors (Lipinski definition) is 7. The van der Waals surface area contributed by atoms with E-state index in [0.29, 0.717) is 35.6 Å². The van der Waals surface area contributed by atoms with Crippen molar-refractivity contribution >= 4 is 41.0 Å². The maximum absolute atomic E-state index is 12.2. The average molecular weight is 526 g/mol. The average Bonchev–Trinajstić information content (AvgIpc) is 3.44. The zero-order valence-corrected chi connectivity index (χ0v) is 22.0. The highest BCUT2D eigenvalue weighted by Crippen LogP contribution is 2.45. The van der Waals surface area contributed by atoms with Gasteiger partial charge in [-0.2, -0.15) is 4.98 Å². The van der Waals surface area contributed by atoms with Crippen LogP contribution in [0.1, 0.15) is 17.5 Å². The van der Waals surface area contributed by atoms with Gasteiger partial charge in [0.15, 0.2) is 5.82 Å². The molecule has 2 aliphatic carbocycles. The Labute approximate surface area is 221 Å². The second-order valence-corrected chi connectivity index (χ2v) is 10.2. The molecule has 2 bridgehead atoms. The topological polar surface area (TPSA) is 126 Å². The Morgan fingerprint density at radius 3 is 2.57 bits per heavy atom. The third-order valence-corrected chi connectivity index (χ3v) is 8.06. The minimum absolute atomic E-state index is 0.0729. The zero-order valence-electron chi connectivity index (χ0n) is 21.2. The van der Waals surface area contributed by atoms with Crippen LogP contribution in [-0.2, 0) is 17.6 Å². The van der Waals surface area contributed by atoms with Crippen LogP contribution in [0.15, 0.2) is 30.5 Å². The van der Waals surface area contributed by atoms with Crippen molar-refractivity contribution in [1.29, 1.82) is 0 Å². The molecule has 2 aromatic rings. The summed E-state index contributed by atoms with van der Waals surface area (Å²) in [5.74, 6) is 1.31. The van der Waals surface area contributed by atoms with Gasteiger partial charge in [-0.1, -0.05) is 23.8 Å². The Morgan fingerprint density at radius 2 is 1.89 bits per heavy atom. The van der Waals surface area contributed by atoms with Crippen LogP contribution in [0.3, 0.4) is 0 Å². The van der Waals surface area contributed by atoms with Gasteiger partial charge in [0.1, 0.15) is 10.8 Å². The third kappa shape index (κ3) is 4.66. The lowest BCUT2D eigenvalue weighted by Crippen LogP contribution is -2.41. The molecule has 4 atom stereocenters. The standard InChI is InChI=1S/C26H32ClN7O3/c1-29-26(36)34-8-6-14-11-19(20(37-3)12-15(14)7-9-34)33(2)25-30-13-18(27)24(32-25)31-22-17-5-4-16(10-17)21(22)23(28)35/h4-5,11-13,16-17,21-22H,6-10H2,1-3H3,(H2,28,35)(H,29,36)(H,30,31,32)/t16-,17+,21+,22-/m1/s1. The molecule has 3 amide bonds. The van der Waals surface area contributed by atoms with E-state index in [9.17, 15) is 9.59 Å². The zero-order chi connectivity index (χ0) is 26.3. The van der Waals surface area contributed by atoms with Gasteiger partial charge < -0.3 is 30.9 Å². The fourth-order valence-corrected chi connectivity index (χ4v) is 5.97. The molecule has 3 aliphatic rings. The second-order valence-electron chi connectivity index (χ2n) is 9.81. The van der Waals surface area contributed by atoms with E-state index in [4.69, 9.17) is 27.1 Å². The number of urea groups is 1. The molecular weight excluding hydrogens is 494 g/mol. The number of nitrogens with two attached hydrogens (primary N) is 1. The summed E-state index contributed by atoms with van der Waals surface area (Å²) in [5.41, 5.74) is 8.84. The molecule has 10 nitrogen and oxygen atoms in total. The van der Waals surface area contributed by atoms with Crippen LogP contribution >= 0.6 is 11.6 Å². The summed E-state index contributed by atoms with van der Waals surface area (Å²) in [6.45, 7) is 1.28. The molecular formula is C26H32ClN7O3. The molecule has 37 heavy (non-hydrogen) atoms. The number of fused-ring (bicyclic) bond motifs is 3. The van der Waals surface area contributed by atoms with Crippen molar-refractivity contribution in [2.24, 2.45) is 23.5 Å². The number of ether oxygens (including phenoxy) is 1. The number of nitrogens with zero attached hydrogens (tertiary/aromatic N) is 4. The predicted octanol–water partition coefficient (Wildman–Crippen LogP) is 2.73. The van der Waals surface area contributed by atoms with Crippen LogP contribution in [-0.4, -0.2) is 67.1 Å². The van der Waals surface area contributed by atoms with Gasteiger partial charge in [0.05, 0.1) is 24.9 Å². The first kappa shape index (κ1) is 25.1. The van der Waals surface area contributed by atoms with Crippen molar-refractivity contribution in [2.75, 3.05) is 44.5 Å². The van der Waals surface area contributed by atoms with Crippen molar-refractivity contribution in [1.82, 2.24) is 20.2 Å². The summed E-state index contributed by atoms with van der Waals surface area (Å²) in [5, 5.41) is 6.47. The smallest absolute Gasteiger partial charge is 0.317 e. The van der Waals surface area contributed by atoms with Crippen LogP contribution in [0.25, 0.3) is 0 Å². The number of aromatic nitrogens is 2. The number of amides is 3. The molecule has 1 saturated carbocycles. The Kier molecular flexibility index (Phi) is 6.85. The molecule has 0 saturated heterocycles. The highest BCUT2D eigenvalue weighted by atomic mass is 35.5. The highest BCUT2D eigenvalue weighted by molar-refractivity contribution is 6.32. The van der Waals surface area contributed by atoms with Crippen LogP contribution in [0.2, 0.25) is 5.02 Å². The van der Waals surface area contributed by atoms with E-state index in [1.807, 2.05) is 22.9 Å². The van der Waals surface area contributed by atoms with Crippen molar-refractivity contribution in [3.05, 3.63) is 46.6 Å². The van der Waals surface area contributed by atoms with Crippen molar-refractivity contribution in [2.45, 2.75) is 25.3 Å². The molecule has 0 unspecified atom stereocenters. The van der Waals surface area contributed by atoms with Crippen LogP contribution in [0.5, 0.6) is 5.75 Å². The predicted molar refractivity (Wildman–Crippen MR) is 142 cm³/mol. The number of allylic oxidation sites excluding steroid dienone is 1. The van der Waals surface area contributed by atoms with E-state index in [0.717, 1.165) is 36.1 Å². The summed E-state index contributed by atoms with van der Waals surface area (Å²) < 4.78 is 5.74. The molecule has 1 fully saturated rings. The summed E-state index contributed by atoms with van der Waals surface area (Å²) in [7, 11) is 5.15. The van der Waals surface area contributed by atoms with Gasteiger partial charge in [0.2, 0.25) is 11.9 Å². The van der Waals surface area contributed by atoms with Crippen LogP contribution in [0.4, 0.5) is 22.2 Å². The minimum Gasteiger partial charge on any atom is -0.495 e. The number of hydrogen-bond donors (Lipinski definition) is 3. The number of benzene rings is 1. The first-order valence-corrected chi connectivity index (χ1v) is 12.9. The number of methoxy groups -OCH3 is 1. The number of carbonyl (C=O) groups is 2. The van der Waals surface area contributed by atoms with E-state index in [1.165, 1.54) is 0 Å². The molecule has 0 spiro atoms. The lowest BCUT2D eigenvalue weighted by atomic mass is 9.88. The summed E-state index contributed by atoms with van der Waals surface area (Å²) in [6.07, 6.45) is 8.14. The van der Waals surface area contributed by atoms with Crippen molar-refractivity contribution in [3.8, 4) is 5.75 Å². The fourth-order valence-electron chi connectivity index (χ4n) is 5.82. The normalized spacial score (nSPS) is 23.8. The van der Waals surface area contributed by atoms with Crippen molar-refractivity contribution < 1.29 is 14.3 Å². The monoisotopic (exact) mass is 525 g/mol. The fraction of sp³-hybridized carbons (Fsp3) is 0.462. The van der Waals surface area contributed by atoms with Gasteiger partial charge in [-0.3, -0.25) is 4.79 Å². The van der Waals surface area contributed by atoms with E-state index >= 15 is 0 Å². The van der Waals surface area contributed by atoms with Crippen LogP contribution < -0.4 is 26.0 Å². The Balaban J connectivity index is 1.42. The van der Waals surface area contributed by atoms with Gasteiger partial charge in [-0.05, 0) is 54.4 Å². The Bertz CT molecular complexity index is 1250. The number of rotatable bonds is 6. The summed E-state index contributed by atoms with van der Waals surface area (Å²) in [4.78, 5) is 37.2. The van der Waals surface area contributed by atoms with Gasteiger partial charge in [-0.25, -0.2) is 9.78 Å². The molecule has 11 heteroatoms. The molecule has 1 aliphatic heterocycles. The first-order chi connectivity index (χ1) is 17.8. The molecule has 196 valence electrons. The largest absolute Gasteiger partial charge is 0.495 e. The number of carbonyl (C=O) groups excluding carboxylic acids is 2. The summed E-state index contributed by atoms with van der Waals surface area (Å²) in [6, 6.07) is 3.87. The lowest BCUT2D eigenvalue weighted by molar-refractivity contribution is -0.122. The maximum atomic E-state index is 12.2. The molecule has 1 aromatic carbocycles. The quantitative estimate of drug-likeness (QED) is 0.495. The van der Waals surface area contributed by atoms with Gasteiger partial charge >= 0.3 is 6.03 Å². The molecule has 5 rings (SSSR count). The van der Waals surface area contributed by atoms with Crippen molar-refractivity contribution in [3.63, 3.8) is 0 Å². The maximum Gasteiger partial charge on any atom is 0.317 e. The highest BCUT2D eigenvalue weighted by Gasteiger charge is 2.47. The number of primary amides is 1. The number of anilines is 3. The lowest BCUT2D eigenvalue weighted by Gasteiger charge is -2.28. The summed E-state index contributed by atoms with van der Waals surface area (Å²) >= 11 is 6.48. The van der Waals surface area contributed by atoms with E-state index in [1.54, 1.807) is 20.4 Å². The molecule has 4 N–H and O–H groups in total. The first-order valence-electron chi connectivity index (χ1n) is 12.5. The van der Waals surface area contributed by atoms with E-state index in [2.05, 4.69) is 33.8 Å². The second kappa shape index (κ2) is 10.1. The Hall–Kier alpha value is -3.53. The SMILES string of the molecule is CNC(=O)N1CCc2cc(OC)c(N(C)c3ncc(Cl)c(N[C@H]4[C@@H](C(N)=O)[C@@H]5C=C[C@H]4C5)n3)cc2CC1. The van der Waals surface area contributed by atoms with Gasteiger partial charge in [0, 0.05) is 33.2 Å². The molecule has 1 aromatic heterocycles. The number of nitrogens with one attached hydrogen (secondary N) is 2. The van der Waals surface area contributed by atoms with Gasteiger partial charge in [0.25, 0.3) is 0 Å². The molecule has 0 radical (unpaired) electrons.